The molecule has 0 atom stereocenters. The van der Waals surface area contributed by atoms with Crippen molar-refractivity contribution in [3.63, 3.8) is 0 Å². The number of benzene rings is 2. The van der Waals surface area contributed by atoms with Crippen LogP contribution < -0.4 is 4.74 Å². The first-order chi connectivity index (χ1) is 11.2. The Labute approximate surface area is 133 Å². The molecule has 1 aromatic heterocycles. The first-order valence-corrected chi connectivity index (χ1v) is 7.17. The van der Waals surface area contributed by atoms with E-state index in [4.69, 9.17) is 9.84 Å². The van der Waals surface area contributed by atoms with Gasteiger partial charge in [-0.05, 0) is 29.3 Å². The number of ether oxygens (including phenoxy) is 1. The Kier molecular flexibility index (Phi) is 4.10. The molecule has 0 unspecified atom stereocenters. The van der Waals surface area contributed by atoms with E-state index < -0.39 is 5.97 Å². The second-order valence-corrected chi connectivity index (χ2v) is 5.13. The molecule has 2 N–H and O–H groups in total. The van der Waals surface area contributed by atoms with Crippen LogP contribution in [0.15, 0.2) is 48.5 Å². The maximum absolute atomic E-state index is 10.5. The number of fused-ring (bicyclic) bond motifs is 1. The van der Waals surface area contributed by atoms with Gasteiger partial charge < -0.3 is 14.8 Å². The van der Waals surface area contributed by atoms with Crippen LogP contribution in [0.4, 0.5) is 0 Å². The van der Waals surface area contributed by atoms with Crippen molar-refractivity contribution in [2.45, 2.75) is 6.42 Å². The van der Waals surface area contributed by atoms with Gasteiger partial charge in [0.2, 0.25) is 0 Å². The third-order valence-electron chi connectivity index (χ3n) is 3.51. The highest BCUT2D eigenvalue weighted by Gasteiger charge is 2.08. The highest BCUT2D eigenvalue weighted by atomic mass is 16.5. The average molecular weight is 308 g/mol. The number of aliphatic carboxylic acids is 1. The lowest BCUT2D eigenvalue weighted by molar-refractivity contribution is -0.131. The van der Waals surface area contributed by atoms with Gasteiger partial charge >= 0.3 is 5.97 Å². The van der Waals surface area contributed by atoms with E-state index in [0.717, 1.165) is 39.8 Å². The van der Waals surface area contributed by atoms with Crippen LogP contribution in [0.5, 0.6) is 5.75 Å². The molecule has 0 aliphatic rings. The number of methoxy groups -OCH3 is 1. The third kappa shape index (κ3) is 3.40. The van der Waals surface area contributed by atoms with Crippen molar-refractivity contribution >= 4 is 23.1 Å². The largest absolute Gasteiger partial charge is 0.494 e. The van der Waals surface area contributed by atoms with E-state index >= 15 is 0 Å². The van der Waals surface area contributed by atoms with Gasteiger partial charge in [0.25, 0.3) is 0 Å². The lowest BCUT2D eigenvalue weighted by Crippen LogP contribution is -1.91. The lowest BCUT2D eigenvalue weighted by atomic mass is 10.1. The predicted octanol–water partition coefficient (Wildman–Crippen LogP) is 3.26. The molecule has 0 bridgehead atoms. The Morgan fingerprint density at radius 2 is 2.04 bits per heavy atom. The highest BCUT2D eigenvalue weighted by molar-refractivity contribution is 5.85. The summed E-state index contributed by atoms with van der Waals surface area (Å²) in [5, 5.41) is 8.63. The Morgan fingerprint density at radius 1 is 1.26 bits per heavy atom. The first-order valence-electron chi connectivity index (χ1n) is 7.17. The van der Waals surface area contributed by atoms with Crippen LogP contribution in [0.2, 0.25) is 0 Å². The van der Waals surface area contributed by atoms with E-state index in [9.17, 15) is 4.79 Å². The van der Waals surface area contributed by atoms with Gasteiger partial charge in [0.15, 0.2) is 0 Å². The number of carboxylic acids is 1. The number of hydrogen-bond acceptors (Lipinski definition) is 3. The number of H-pyrrole nitrogens is 1. The SMILES string of the molecule is COc1cccc2[nH]c(Cc3ccc(C=CC(=O)O)cc3)nc12. The minimum absolute atomic E-state index is 0.667. The van der Waals surface area contributed by atoms with Crippen LogP contribution in [0, 0.1) is 0 Å². The second-order valence-electron chi connectivity index (χ2n) is 5.13. The number of carbonyl (C=O) groups is 1. The molecular formula is C18H16N2O3. The number of imidazole rings is 1. The molecule has 0 saturated carbocycles. The predicted molar refractivity (Wildman–Crippen MR) is 88.6 cm³/mol. The summed E-state index contributed by atoms with van der Waals surface area (Å²) in [7, 11) is 1.63. The fraction of sp³-hybridized carbons (Fsp3) is 0.111. The summed E-state index contributed by atoms with van der Waals surface area (Å²) in [5.74, 6) is 0.655. The summed E-state index contributed by atoms with van der Waals surface area (Å²) in [6.45, 7) is 0. The Bertz CT molecular complexity index is 864. The molecule has 0 spiro atoms. The van der Waals surface area contributed by atoms with Gasteiger partial charge in [-0.15, -0.1) is 0 Å². The van der Waals surface area contributed by atoms with E-state index in [1.54, 1.807) is 13.2 Å². The normalized spacial score (nSPS) is 11.2. The molecule has 3 aromatic rings. The zero-order valence-electron chi connectivity index (χ0n) is 12.6. The molecule has 3 rings (SSSR count). The van der Waals surface area contributed by atoms with E-state index in [2.05, 4.69) is 9.97 Å². The Morgan fingerprint density at radius 3 is 2.74 bits per heavy atom. The van der Waals surface area contributed by atoms with Gasteiger partial charge in [-0.3, -0.25) is 0 Å². The molecule has 5 heteroatoms. The van der Waals surface area contributed by atoms with Gasteiger partial charge in [-0.2, -0.15) is 0 Å². The van der Waals surface area contributed by atoms with Crippen molar-refractivity contribution in [1.29, 1.82) is 0 Å². The van der Waals surface area contributed by atoms with Gasteiger partial charge in [-0.25, -0.2) is 9.78 Å². The van der Waals surface area contributed by atoms with Crippen molar-refractivity contribution in [2.24, 2.45) is 0 Å². The van der Waals surface area contributed by atoms with Crippen LogP contribution in [0.25, 0.3) is 17.1 Å². The average Bonchev–Trinajstić information content (AvgIpc) is 2.96. The maximum Gasteiger partial charge on any atom is 0.328 e. The molecular weight excluding hydrogens is 292 g/mol. The zero-order chi connectivity index (χ0) is 16.2. The fourth-order valence-electron chi connectivity index (χ4n) is 2.41. The zero-order valence-corrected chi connectivity index (χ0v) is 12.6. The maximum atomic E-state index is 10.5. The van der Waals surface area contributed by atoms with Gasteiger partial charge in [0, 0.05) is 12.5 Å². The van der Waals surface area contributed by atoms with Gasteiger partial charge in [0.1, 0.15) is 17.1 Å². The summed E-state index contributed by atoms with van der Waals surface area (Å²) in [5.41, 5.74) is 3.71. The number of carboxylic acid groups (broad SMARTS) is 1. The van der Waals surface area contributed by atoms with E-state index in [1.807, 2.05) is 42.5 Å². The Balaban J connectivity index is 1.80. The van der Waals surface area contributed by atoms with Crippen molar-refractivity contribution in [2.75, 3.05) is 7.11 Å². The molecule has 23 heavy (non-hydrogen) atoms. The number of rotatable bonds is 5. The fourth-order valence-corrected chi connectivity index (χ4v) is 2.41. The first kappa shape index (κ1) is 14.8. The summed E-state index contributed by atoms with van der Waals surface area (Å²) >= 11 is 0. The van der Waals surface area contributed by atoms with Crippen molar-refractivity contribution < 1.29 is 14.6 Å². The quantitative estimate of drug-likeness (QED) is 0.709. The van der Waals surface area contributed by atoms with Crippen molar-refractivity contribution in [1.82, 2.24) is 9.97 Å². The summed E-state index contributed by atoms with van der Waals surface area (Å²) in [4.78, 5) is 18.4. The summed E-state index contributed by atoms with van der Waals surface area (Å²) in [6.07, 6.45) is 3.36. The number of aromatic nitrogens is 2. The van der Waals surface area contributed by atoms with Crippen LogP contribution in [0.3, 0.4) is 0 Å². The standard InChI is InChI=1S/C18H16N2O3/c1-23-15-4-2-3-14-18(15)20-16(19-14)11-13-7-5-12(6-8-13)9-10-17(21)22/h2-10H,11H2,1H3,(H,19,20)(H,21,22). The van der Waals surface area contributed by atoms with Crippen molar-refractivity contribution in [3.05, 3.63) is 65.5 Å². The van der Waals surface area contributed by atoms with Crippen LogP contribution in [-0.2, 0) is 11.2 Å². The monoisotopic (exact) mass is 308 g/mol. The Hall–Kier alpha value is -3.08. The summed E-state index contributed by atoms with van der Waals surface area (Å²) < 4.78 is 5.31. The molecule has 1 heterocycles. The highest BCUT2D eigenvalue weighted by Crippen LogP contribution is 2.23. The molecule has 0 fully saturated rings. The summed E-state index contributed by atoms with van der Waals surface area (Å²) in [6, 6.07) is 13.5. The van der Waals surface area contributed by atoms with E-state index in [1.165, 1.54) is 0 Å². The van der Waals surface area contributed by atoms with Gasteiger partial charge in [-0.1, -0.05) is 30.3 Å². The molecule has 0 saturated heterocycles. The van der Waals surface area contributed by atoms with E-state index in [-0.39, 0.29) is 0 Å². The third-order valence-corrected chi connectivity index (χ3v) is 3.51. The van der Waals surface area contributed by atoms with Crippen LogP contribution in [-0.4, -0.2) is 28.2 Å². The number of aromatic amines is 1. The van der Waals surface area contributed by atoms with Gasteiger partial charge in [0.05, 0.1) is 12.6 Å². The van der Waals surface area contributed by atoms with Crippen LogP contribution in [0.1, 0.15) is 17.0 Å². The molecule has 2 aromatic carbocycles. The number of hydrogen-bond donors (Lipinski definition) is 2. The van der Waals surface area contributed by atoms with Crippen molar-refractivity contribution in [3.8, 4) is 5.75 Å². The topological polar surface area (TPSA) is 75.2 Å². The molecule has 0 aliphatic carbocycles. The second kappa shape index (κ2) is 6.36. The molecule has 0 amide bonds. The van der Waals surface area contributed by atoms with Crippen LogP contribution >= 0.6 is 0 Å². The number of nitrogens with one attached hydrogen (secondary N) is 1. The molecule has 0 radical (unpaired) electrons. The number of nitrogens with zero attached hydrogens (tertiary/aromatic N) is 1. The molecule has 116 valence electrons. The molecule has 0 aliphatic heterocycles. The molecule has 5 nitrogen and oxygen atoms in total. The lowest BCUT2D eigenvalue weighted by Gasteiger charge is -1.99. The van der Waals surface area contributed by atoms with E-state index in [0.29, 0.717) is 6.42 Å². The minimum Gasteiger partial charge on any atom is -0.494 e. The smallest absolute Gasteiger partial charge is 0.328 e. The minimum atomic E-state index is -0.953. The number of para-hydroxylation sites is 1.